The molecular formula is C16H32N2O4S. The first-order chi connectivity index (χ1) is 10.4. The largest absolute Gasteiger partial charge is 0.444 e. The van der Waals surface area contributed by atoms with E-state index in [0.717, 1.165) is 19.3 Å². The minimum atomic E-state index is -0.511. The minimum absolute atomic E-state index is 0.0466. The molecule has 0 bridgehead atoms. The summed E-state index contributed by atoms with van der Waals surface area (Å²) in [5.74, 6) is 0.540. The van der Waals surface area contributed by atoms with Gasteiger partial charge in [-0.3, -0.25) is 0 Å². The highest BCUT2D eigenvalue weighted by Gasteiger charge is 2.19. The van der Waals surface area contributed by atoms with Crippen LogP contribution in [0.3, 0.4) is 0 Å². The Morgan fingerprint density at radius 1 is 0.957 bits per heavy atom. The summed E-state index contributed by atoms with van der Waals surface area (Å²) >= 11 is 4.25. The SMILES string of the molecule is CC(C)(C)OC(=O)NCCCC[C@@H](CS)NC(=O)OC(C)(C)C. The molecule has 136 valence electrons. The van der Waals surface area contributed by atoms with Crippen LogP contribution in [-0.2, 0) is 9.47 Å². The lowest BCUT2D eigenvalue weighted by atomic mass is 10.1. The van der Waals surface area contributed by atoms with E-state index in [1.54, 1.807) is 0 Å². The number of carbonyl (C=O) groups is 2. The Labute approximate surface area is 145 Å². The number of alkyl carbamates (subject to hydrolysis) is 2. The van der Waals surface area contributed by atoms with Crippen LogP contribution in [0.1, 0.15) is 60.8 Å². The maximum atomic E-state index is 11.7. The van der Waals surface area contributed by atoms with Gasteiger partial charge in [0.25, 0.3) is 0 Å². The summed E-state index contributed by atoms with van der Waals surface area (Å²) in [6.07, 6.45) is 1.60. The van der Waals surface area contributed by atoms with E-state index in [0.29, 0.717) is 12.3 Å². The number of nitrogens with one attached hydrogen (secondary N) is 2. The molecule has 0 radical (unpaired) electrons. The highest BCUT2D eigenvalue weighted by molar-refractivity contribution is 7.80. The average molecular weight is 349 g/mol. The van der Waals surface area contributed by atoms with Crippen LogP contribution < -0.4 is 10.6 Å². The van der Waals surface area contributed by atoms with Crippen molar-refractivity contribution in [2.24, 2.45) is 0 Å². The van der Waals surface area contributed by atoms with Crippen molar-refractivity contribution in [2.75, 3.05) is 12.3 Å². The molecule has 6 nitrogen and oxygen atoms in total. The lowest BCUT2D eigenvalue weighted by Crippen LogP contribution is -2.40. The average Bonchev–Trinajstić information content (AvgIpc) is 2.32. The summed E-state index contributed by atoms with van der Waals surface area (Å²) in [6, 6.07) is -0.0466. The number of amides is 2. The van der Waals surface area contributed by atoms with E-state index < -0.39 is 23.4 Å². The zero-order chi connectivity index (χ0) is 18.1. The van der Waals surface area contributed by atoms with Crippen molar-refractivity contribution < 1.29 is 19.1 Å². The summed E-state index contributed by atoms with van der Waals surface area (Å²) in [6.45, 7) is 11.5. The van der Waals surface area contributed by atoms with E-state index in [-0.39, 0.29) is 6.04 Å². The molecule has 0 heterocycles. The predicted octanol–water partition coefficient (Wildman–Crippen LogP) is 3.50. The Hall–Kier alpha value is -1.11. The van der Waals surface area contributed by atoms with Crippen LogP contribution in [0.15, 0.2) is 0 Å². The molecule has 0 unspecified atom stereocenters. The molecule has 0 aliphatic carbocycles. The molecule has 0 spiro atoms. The van der Waals surface area contributed by atoms with Crippen LogP contribution in [0.4, 0.5) is 9.59 Å². The van der Waals surface area contributed by atoms with Crippen LogP contribution in [-0.4, -0.2) is 41.7 Å². The maximum absolute atomic E-state index is 11.7. The second-order valence-electron chi connectivity index (χ2n) is 7.45. The number of carbonyl (C=O) groups excluding carboxylic acids is 2. The van der Waals surface area contributed by atoms with Crippen molar-refractivity contribution in [3.8, 4) is 0 Å². The van der Waals surface area contributed by atoms with Gasteiger partial charge < -0.3 is 20.1 Å². The summed E-state index contributed by atoms with van der Waals surface area (Å²) in [7, 11) is 0. The summed E-state index contributed by atoms with van der Waals surface area (Å²) in [5, 5.41) is 5.51. The number of ether oxygens (including phenoxy) is 2. The molecule has 0 aromatic heterocycles. The third-order valence-corrected chi connectivity index (χ3v) is 3.03. The first-order valence-corrected chi connectivity index (χ1v) is 8.63. The van der Waals surface area contributed by atoms with Gasteiger partial charge in [0.05, 0.1) is 0 Å². The predicted molar refractivity (Wildman–Crippen MR) is 95.1 cm³/mol. The fraction of sp³-hybridized carbons (Fsp3) is 0.875. The summed E-state index contributed by atoms with van der Waals surface area (Å²) < 4.78 is 10.4. The molecular weight excluding hydrogens is 316 g/mol. The molecule has 23 heavy (non-hydrogen) atoms. The zero-order valence-electron chi connectivity index (χ0n) is 15.2. The standard InChI is InChI=1S/C16H32N2O4S/c1-15(2,3)21-13(19)17-10-8-7-9-12(11-23)18-14(20)22-16(4,5)6/h12,23H,7-11H2,1-6H3,(H,17,19)(H,18,20)/t12-/m0/s1. The van der Waals surface area contributed by atoms with Crippen LogP contribution in [0.2, 0.25) is 0 Å². The Balaban J connectivity index is 3.88. The molecule has 2 amide bonds. The summed E-state index contributed by atoms with van der Waals surface area (Å²) in [5.41, 5.74) is -0.999. The molecule has 0 fully saturated rings. The van der Waals surface area contributed by atoms with Gasteiger partial charge in [-0.15, -0.1) is 0 Å². The van der Waals surface area contributed by atoms with Gasteiger partial charge >= 0.3 is 12.2 Å². The van der Waals surface area contributed by atoms with Gasteiger partial charge in [0.15, 0.2) is 0 Å². The third kappa shape index (κ3) is 14.2. The molecule has 2 N–H and O–H groups in total. The Morgan fingerprint density at radius 3 is 1.96 bits per heavy atom. The topological polar surface area (TPSA) is 76.7 Å². The van der Waals surface area contributed by atoms with Gasteiger partial charge in [0.1, 0.15) is 11.2 Å². The van der Waals surface area contributed by atoms with E-state index in [1.807, 2.05) is 41.5 Å². The molecule has 0 aromatic rings. The van der Waals surface area contributed by atoms with Gasteiger partial charge in [-0.1, -0.05) is 0 Å². The van der Waals surface area contributed by atoms with Crippen LogP contribution in [0.5, 0.6) is 0 Å². The first-order valence-electron chi connectivity index (χ1n) is 8.00. The lowest BCUT2D eigenvalue weighted by molar-refractivity contribution is 0.0505. The number of rotatable bonds is 7. The van der Waals surface area contributed by atoms with Gasteiger partial charge in [-0.25, -0.2) is 9.59 Å². The monoisotopic (exact) mass is 348 g/mol. The normalized spacial score (nSPS) is 13.2. The molecule has 1 atom stereocenters. The number of hydrogen-bond donors (Lipinski definition) is 3. The highest BCUT2D eigenvalue weighted by atomic mass is 32.1. The second kappa shape index (κ2) is 9.90. The minimum Gasteiger partial charge on any atom is -0.444 e. The molecule has 0 aromatic carbocycles. The Kier molecular flexibility index (Phi) is 9.42. The fourth-order valence-electron chi connectivity index (χ4n) is 1.70. The second-order valence-corrected chi connectivity index (χ2v) is 7.82. The van der Waals surface area contributed by atoms with E-state index in [2.05, 4.69) is 23.3 Å². The van der Waals surface area contributed by atoms with Gasteiger partial charge in [-0.05, 0) is 60.8 Å². The molecule has 0 rings (SSSR count). The van der Waals surface area contributed by atoms with E-state index in [9.17, 15) is 9.59 Å². The molecule has 7 heteroatoms. The van der Waals surface area contributed by atoms with Crippen molar-refractivity contribution >= 4 is 24.8 Å². The smallest absolute Gasteiger partial charge is 0.407 e. The number of hydrogen-bond acceptors (Lipinski definition) is 5. The molecule has 0 aliphatic rings. The van der Waals surface area contributed by atoms with Gasteiger partial charge in [0.2, 0.25) is 0 Å². The molecule has 0 saturated heterocycles. The van der Waals surface area contributed by atoms with Crippen molar-refractivity contribution in [1.82, 2.24) is 10.6 Å². The van der Waals surface area contributed by atoms with Gasteiger partial charge in [0, 0.05) is 18.3 Å². The van der Waals surface area contributed by atoms with Crippen molar-refractivity contribution in [1.29, 1.82) is 0 Å². The van der Waals surface area contributed by atoms with Crippen LogP contribution in [0, 0.1) is 0 Å². The number of thiol groups is 1. The van der Waals surface area contributed by atoms with Gasteiger partial charge in [-0.2, -0.15) is 12.6 Å². The summed E-state index contributed by atoms with van der Waals surface area (Å²) in [4.78, 5) is 23.2. The Morgan fingerprint density at radius 2 is 1.48 bits per heavy atom. The zero-order valence-corrected chi connectivity index (χ0v) is 16.1. The van der Waals surface area contributed by atoms with Crippen molar-refractivity contribution in [3.63, 3.8) is 0 Å². The highest BCUT2D eigenvalue weighted by Crippen LogP contribution is 2.09. The number of unbranched alkanes of at least 4 members (excludes halogenated alkanes) is 1. The molecule has 0 saturated carbocycles. The molecule has 0 aliphatic heterocycles. The third-order valence-electron chi connectivity index (χ3n) is 2.59. The van der Waals surface area contributed by atoms with E-state index in [1.165, 1.54) is 0 Å². The Bertz CT molecular complexity index is 375. The van der Waals surface area contributed by atoms with E-state index >= 15 is 0 Å². The van der Waals surface area contributed by atoms with Crippen molar-refractivity contribution in [2.45, 2.75) is 78.0 Å². The lowest BCUT2D eigenvalue weighted by Gasteiger charge is -2.23. The van der Waals surface area contributed by atoms with Crippen LogP contribution >= 0.6 is 12.6 Å². The van der Waals surface area contributed by atoms with E-state index in [4.69, 9.17) is 9.47 Å². The van der Waals surface area contributed by atoms with Crippen LogP contribution in [0.25, 0.3) is 0 Å². The first kappa shape index (κ1) is 21.9. The fourth-order valence-corrected chi connectivity index (χ4v) is 1.98. The maximum Gasteiger partial charge on any atom is 0.407 e. The van der Waals surface area contributed by atoms with Crippen molar-refractivity contribution in [3.05, 3.63) is 0 Å². The quantitative estimate of drug-likeness (QED) is 0.486.